The number of carbonyl (C=O) groups is 3. The number of ether oxygens (including phenoxy) is 1. The molecule has 29 heteroatoms. The highest BCUT2D eigenvalue weighted by Gasteiger charge is 2.47. The maximum Gasteiger partial charge on any atom is 0.274 e. The predicted octanol–water partition coefficient (Wildman–Crippen LogP) is -3.70. The number of phosphoric ester groups is 3. The second-order valence-electron chi connectivity index (χ2n) is 12.5. The molecule has 0 saturated carbocycles. The second kappa shape index (κ2) is 19.8. The van der Waals surface area contributed by atoms with Gasteiger partial charge in [-0.25, -0.2) is 19.3 Å². The summed E-state index contributed by atoms with van der Waals surface area (Å²) >= 11 is 0.942. The number of hydrogen-bond acceptors (Lipinski definition) is 23. The fourth-order valence-electron chi connectivity index (χ4n) is 4.67. The molecular formula is C26H40N7O18P3S-4. The van der Waals surface area contributed by atoms with Gasteiger partial charge in [-0.1, -0.05) is 32.5 Å². The summed E-state index contributed by atoms with van der Waals surface area (Å²) in [6.07, 6.45) is -7.98. The van der Waals surface area contributed by atoms with E-state index in [1.807, 2.05) is 0 Å². The van der Waals surface area contributed by atoms with Crippen LogP contribution in [0.3, 0.4) is 0 Å². The number of phosphoric acid groups is 3. The van der Waals surface area contributed by atoms with E-state index in [-0.39, 0.29) is 53.8 Å². The number of fused-ring (bicyclic) bond motifs is 1. The van der Waals surface area contributed by atoms with Crippen LogP contribution in [0.2, 0.25) is 0 Å². The highest BCUT2D eigenvalue weighted by Crippen LogP contribution is 2.56. The van der Waals surface area contributed by atoms with Gasteiger partial charge in [-0.05, 0) is 6.42 Å². The quantitative estimate of drug-likeness (QED) is 0.0490. The van der Waals surface area contributed by atoms with Crippen LogP contribution >= 0.6 is 35.2 Å². The van der Waals surface area contributed by atoms with Crippen LogP contribution in [0, 0.1) is 5.41 Å². The maximum atomic E-state index is 12.5. The Hall–Kier alpha value is -2.48. The van der Waals surface area contributed by atoms with E-state index in [2.05, 4.69) is 43.5 Å². The summed E-state index contributed by atoms with van der Waals surface area (Å²) in [5.74, 6) is -1.35. The largest absolute Gasteiger partial charge is 0.790 e. The zero-order valence-electron chi connectivity index (χ0n) is 29.4. The van der Waals surface area contributed by atoms with E-state index in [0.29, 0.717) is 6.42 Å². The molecule has 1 aliphatic heterocycles. The lowest BCUT2D eigenvalue weighted by atomic mass is 9.87. The molecule has 2 amide bonds. The van der Waals surface area contributed by atoms with E-state index in [4.69, 9.17) is 10.5 Å². The van der Waals surface area contributed by atoms with Crippen molar-refractivity contribution in [3.63, 3.8) is 0 Å². The normalized spacial score (nSPS) is 22.4. The molecule has 3 unspecified atom stereocenters. The van der Waals surface area contributed by atoms with Crippen LogP contribution in [0.4, 0.5) is 5.82 Å². The molecule has 3 rings (SSSR count). The minimum atomic E-state index is -5.92. The Labute approximate surface area is 317 Å². The Morgan fingerprint density at radius 1 is 1.07 bits per heavy atom. The number of aromatic nitrogens is 4. The first-order chi connectivity index (χ1) is 25.4. The Kier molecular flexibility index (Phi) is 16.9. The molecule has 0 aromatic carbocycles. The van der Waals surface area contributed by atoms with Gasteiger partial charge >= 0.3 is 0 Å². The Balaban J connectivity index is 1.49. The maximum absolute atomic E-state index is 12.5. The standard InChI is InChI=1S/C26H44N7O18P3S/c1-4-14(34)9-17(36)55-8-7-28-16(35)5-6-29-24(39)21(38)26(2,3)11-48-54(45,46)51-53(43,44)47-10-15-20(50-52(40,41)42)19(37)25(49-15)33-13-32-18-22(27)30-12-31-23(18)33/h12-15,19-21,25,34,37-38H,4-11H2,1-3H3,(H,28,35)(H,29,39)(H,43,44)(H,45,46)(H2,27,30,31)(H2,40,41,42)/p-4/t14?,15-,19-,20-,21+,25-/m1/s1. The first-order valence-corrected chi connectivity index (χ1v) is 21.5. The third-order valence-electron chi connectivity index (χ3n) is 7.61. The molecule has 3 heterocycles. The van der Waals surface area contributed by atoms with Gasteiger partial charge in [0, 0.05) is 37.1 Å². The van der Waals surface area contributed by atoms with Crippen LogP contribution in [0.5, 0.6) is 0 Å². The molecule has 55 heavy (non-hydrogen) atoms. The molecule has 2 aromatic rings. The van der Waals surface area contributed by atoms with Crippen molar-refractivity contribution < 1.29 is 85.6 Å². The van der Waals surface area contributed by atoms with Crippen molar-refractivity contribution >= 4 is 69.1 Å². The number of thioether (sulfide) groups is 1. The molecule has 0 bridgehead atoms. The van der Waals surface area contributed by atoms with E-state index in [1.165, 1.54) is 13.8 Å². The summed E-state index contributed by atoms with van der Waals surface area (Å²) in [5.41, 5.74) is 4.04. The van der Waals surface area contributed by atoms with E-state index in [1.54, 1.807) is 6.92 Å². The molecule has 312 valence electrons. The fourth-order valence-corrected chi connectivity index (χ4v) is 8.15. The van der Waals surface area contributed by atoms with Gasteiger partial charge in [0.1, 0.15) is 36.3 Å². The van der Waals surface area contributed by atoms with Gasteiger partial charge in [0.15, 0.2) is 22.8 Å². The zero-order chi connectivity index (χ0) is 41.4. The molecule has 1 fully saturated rings. The minimum Gasteiger partial charge on any atom is -0.790 e. The lowest BCUT2D eigenvalue weighted by Gasteiger charge is -2.36. The lowest BCUT2D eigenvalue weighted by Crippen LogP contribution is -2.46. The SMILES string of the molecule is CCC(O)CC(=O)SCCNC(=O)CCNC(=O)[C@H](O)C(C)(C)COP(=O)([O-])OP(=O)([O-])OC[C@H]1O[C@@H](n2cnc3c(N)ncnc32)[C@H](O)[C@@H]1OP(=O)([O-])[O-]. The molecule has 2 aromatic heterocycles. The van der Waals surface area contributed by atoms with Crippen molar-refractivity contribution in [1.29, 1.82) is 0 Å². The van der Waals surface area contributed by atoms with Crippen molar-refractivity contribution in [3.05, 3.63) is 12.7 Å². The summed E-state index contributed by atoms with van der Waals surface area (Å²) in [6, 6.07) is 0. The molecule has 7 N–H and O–H groups in total. The number of nitrogens with two attached hydrogens (primary N) is 1. The summed E-state index contributed by atoms with van der Waals surface area (Å²) in [5, 5.41) is 35.3. The molecule has 0 radical (unpaired) electrons. The van der Waals surface area contributed by atoms with Crippen LogP contribution in [0.15, 0.2) is 12.7 Å². The number of aliphatic hydroxyl groups excluding tert-OH is 3. The van der Waals surface area contributed by atoms with Crippen LogP contribution < -0.4 is 35.9 Å². The molecule has 0 spiro atoms. The van der Waals surface area contributed by atoms with Crippen molar-refractivity contribution in [2.45, 2.75) is 76.8 Å². The molecule has 0 aliphatic carbocycles. The number of nitrogens with one attached hydrogen (secondary N) is 2. The topological polar surface area (TPSA) is 395 Å². The Morgan fingerprint density at radius 3 is 2.40 bits per heavy atom. The molecule has 1 saturated heterocycles. The van der Waals surface area contributed by atoms with Crippen LogP contribution in [0.1, 0.15) is 46.3 Å². The molecular weight excluding hydrogens is 823 g/mol. The van der Waals surface area contributed by atoms with Gasteiger partial charge in [0.2, 0.25) is 11.8 Å². The summed E-state index contributed by atoms with van der Waals surface area (Å²) in [6.45, 7) is 1.70. The fraction of sp³-hybridized carbons (Fsp3) is 0.692. The first-order valence-electron chi connectivity index (χ1n) is 16.1. The van der Waals surface area contributed by atoms with Gasteiger partial charge in [-0.2, -0.15) is 0 Å². The molecule has 25 nitrogen and oxygen atoms in total. The van der Waals surface area contributed by atoms with E-state index >= 15 is 0 Å². The molecule has 8 atom stereocenters. The third kappa shape index (κ3) is 14.4. The van der Waals surface area contributed by atoms with Gasteiger partial charge in [0.05, 0.1) is 33.5 Å². The van der Waals surface area contributed by atoms with E-state index in [9.17, 15) is 63.0 Å². The number of imidazole rings is 1. The van der Waals surface area contributed by atoms with Crippen molar-refractivity contribution in [2.75, 3.05) is 37.8 Å². The zero-order valence-corrected chi connectivity index (χ0v) is 32.9. The van der Waals surface area contributed by atoms with Crippen LogP contribution in [0.25, 0.3) is 11.2 Å². The van der Waals surface area contributed by atoms with E-state index < -0.39 is 90.7 Å². The van der Waals surface area contributed by atoms with Gasteiger partial charge < -0.3 is 74.1 Å². The van der Waals surface area contributed by atoms with E-state index in [0.717, 1.165) is 29.0 Å². The summed E-state index contributed by atoms with van der Waals surface area (Å²) in [4.78, 5) is 95.6. The number of nitrogen functional groups attached to an aromatic ring is 1. The van der Waals surface area contributed by atoms with Crippen molar-refractivity contribution in [3.8, 4) is 0 Å². The van der Waals surface area contributed by atoms with Crippen LogP contribution in [-0.4, -0.2) is 114 Å². The predicted molar refractivity (Wildman–Crippen MR) is 179 cm³/mol. The monoisotopic (exact) mass is 863 g/mol. The first kappa shape index (κ1) is 46.9. The number of nitrogens with zero attached hydrogens (tertiary/aromatic N) is 4. The number of rotatable bonds is 22. The number of aliphatic hydroxyl groups is 3. The summed E-state index contributed by atoms with van der Waals surface area (Å²) < 4.78 is 60.4. The smallest absolute Gasteiger partial charge is 0.274 e. The van der Waals surface area contributed by atoms with Gasteiger partial charge in [-0.15, -0.1) is 0 Å². The second-order valence-corrected chi connectivity index (χ2v) is 17.7. The average Bonchev–Trinajstić information content (AvgIpc) is 3.64. The van der Waals surface area contributed by atoms with Crippen molar-refractivity contribution in [1.82, 2.24) is 30.2 Å². The number of amides is 2. The number of carbonyl (C=O) groups excluding carboxylic acids is 3. The average molecular weight is 864 g/mol. The van der Waals surface area contributed by atoms with Crippen molar-refractivity contribution in [2.24, 2.45) is 5.41 Å². The van der Waals surface area contributed by atoms with Gasteiger partial charge in [-0.3, -0.25) is 28.1 Å². The Morgan fingerprint density at radius 2 is 1.75 bits per heavy atom. The lowest BCUT2D eigenvalue weighted by molar-refractivity contribution is -0.347. The summed E-state index contributed by atoms with van der Waals surface area (Å²) in [7, 11) is -17.6. The highest BCUT2D eigenvalue weighted by atomic mass is 32.2. The van der Waals surface area contributed by atoms with Gasteiger partial charge in [0.25, 0.3) is 15.6 Å². The Bertz CT molecular complexity index is 1800. The molecule has 1 aliphatic rings. The minimum absolute atomic E-state index is 0.0124. The van der Waals surface area contributed by atoms with Crippen LogP contribution in [-0.2, 0) is 50.7 Å². The number of anilines is 1. The third-order valence-corrected chi connectivity index (χ3v) is 11.5. The highest BCUT2D eigenvalue weighted by molar-refractivity contribution is 8.13. The number of hydrogen-bond donors (Lipinski definition) is 6.